The molecule has 0 aromatic rings. The van der Waals surface area contributed by atoms with Gasteiger partial charge >= 0.3 is 0 Å². The summed E-state index contributed by atoms with van der Waals surface area (Å²) in [4.78, 5) is 0.0347. The van der Waals surface area contributed by atoms with Gasteiger partial charge in [-0.15, -0.1) is 0 Å². The Kier molecular flexibility index (Phi) is 3.16. The van der Waals surface area contributed by atoms with Crippen molar-refractivity contribution in [1.29, 1.82) is 0 Å². The molecule has 0 bridgehead atoms. The Morgan fingerprint density at radius 1 is 1.33 bits per heavy atom. The van der Waals surface area contributed by atoms with Crippen LogP contribution in [0.4, 0.5) is 0 Å². The lowest BCUT2D eigenvalue weighted by molar-refractivity contribution is 0.589. The fourth-order valence-corrected chi connectivity index (χ4v) is 2.20. The highest BCUT2D eigenvalue weighted by Gasteiger charge is 2.18. The van der Waals surface area contributed by atoms with Gasteiger partial charge in [0.1, 0.15) is 0 Å². The second-order valence-electron chi connectivity index (χ2n) is 2.21. The van der Waals surface area contributed by atoms with Crippen molar-refractivity contribution in [1.82, 2.24) is 0 Å². The van der Waals surface area contributed by atoms with Crippen molar-refractivity contribution < 1.29 is 8.42 Å². The first-order valence-corrected chi connectivity index (χ1v) is 5.55. The SMILES string of the molecule is C[C@H]([C@@H](C)Br)S(C)(=O)=O. The fraction of sp³-hybridized carbons (Fsp3) is 1.00. The molecule has 0 N–H and O–H groups in total. The molecular weight excluding hydrogens is 204 g/mol. The third-order valence-corrected chi connectivity index (χ3v) is 4.22. The first-order valence-electron chi connectivity index (χ1n) is 2.68. The molecule has 0 aliphatic carbocycles. The topological polar surface area (TPSA) is 34.1 Å². The van der Waals surface area contributed by atoms with Crippen LogP contribution in [0.1, 0.15) is 13.8 Å². The molecule has 0 radical (unpaired) electrons. The largest absolute Gasteiger partial charge is 0.229 e. The first kappa shape index (κ1) is 9.43. The molecular formula is C5H11BrO2S. The van der Waals surface area contributed by atoms with Crippen LogP contribution < -0.4 is 0 Å². The van der Waals surface area contributed by atoms with Crippen molar-refractivity contribution in [3.8, 4) is 0 Å². The number of rotatable bonds is 2. The third-order valence-electron chi connectivity index (χ3n) is 1.32. The van der Waals surface area contributed by atoms with Crippen LogP contribution >= 0.6 is 15.9 Å². The highest BCUT2D eigenvalue weighted by molar-refractivity contribution is 9.09. The predicted molar refractivity (Wildman–Crippen MR) is 42.7 cm³/mol. The van der Waals surface area contributed by atoms with Gasteiger partial charge in [0.2, 0.25) is 0 Å². The van der Waals surface area contributed by atoms with Crippen molar-refractivity contribution in [2.75, 3.05) is 6.26 Å². The quantitative estimate of drug-likeness (QED) is 0.648. The van der Waals surface area contributed by atoms with Gasteiger partial charge in [0, 0.05) is 11.1 Å². The predicted octanol–water partition coefficient (Wildman–Crippen LogP) is 1.20. The molecule has 4 heteroatoms. The zero-order chi connectivity index (χ0) is 7.65. The van der Waals surface area contributed by atoms with Crippen LogP contribution in [0.25, 0.3) is 0 Å². The molecule has 0 unspecified atom stereocenters. The van der Waals surface area contributed by atoms with E-state index in [1.807, 2.05) is 6.92 Å². The third kappa shape index (κ3) is 3.20. The lowest BCUT2D eigenvalue weighted by atomic mass is 10.4. The molecule has 2 atom stereocenters. The molecule has 0 saturated carbocycles. The number of alkyl halides is 1. The molecule has 56 valence electrons. The summed E-state index contributed by atoms with van der Waals surface area (Å²) in [5.41, 5.74) is 0. The zero-order valence-electron chi connectivity index (χ0n) is 5.76. The maximum absolute atomic E-state index is 10.7. The van der Waals surface area contributed by atoms with Gasteiger partial charge in [-0.3, -0.25) is 0 Å². The van der Waals surface area contributed by atoms with Gasteiger partial charge in [0.05, 0.1) is 5.25 Å². The Bertz CT molecular complexity index is 171. The molecule has 0 heterocycles. The Labute approximate surface area is 64.7 Å². The van der Waals surface area contributed by atoms with Crippen LogP contribution in [0.15, 0.2) is 0 Å². The smallest absolute Gasteiger partial charge is 0.151 e. The van der Waals surface area contributed by atoms with E-state index in [1.165, 1.54) is 6.26 Å². The Morgan fingerprint density at radius 3 is 1.67 bits per heavy atom. The van der Waals surface area contributed by atoms with Crippen LogP contribution in [0, 0.1) is 0 Å². The summed E-state index contributed by atoms with van der Waals surface area (Å²) in [7, 11) is -2.85. The van der Waals surface area contributed by atoms with E-state index in [0.29, 0.717) is 0 Å². The highest BCUT2D eigenvalue weighted by atomic mass is 79.9. The van der Waals surface area contributed by atoms with E-state index in [4.69, 9.17) is 0 Å². The van der Waals surface area contributed by atoms with Gasteiger partial charge in [-0.1, -0.05) is 22.9 Å². The lowest BCUT2D eigenvalue weighted by Gasteiger charge is -2.10. The summed E-state index contributed by atoms with van der Waals surface area (Å²) in [5, 5.41) is -0.294. The summed E-state index contributed by atoms with van der Waals surface area (Å²) in [6.45, 7) is 3.51. The first-order chi connectivity index (χ1) is 3.85. The van der Waals surface area contributed by atoms with E-state index in [0.717, 1.165) is 0 Å². The van der Waals surface area contributed by atoms with Crippen molar-refractivity contribution in [3.05, 3.63) is 0 Å². The molecule has 0 rings (SSSR count). The van der Waals surface area contributed by atoms with E-state index in [-0.39, 0.29) is 10.1 Å². The molecule has 0 aromatic heterocycles. The van der Waals surface area contributed by atoms with Crippen molar-refractivity contribution in [2.45, 2.75) is 23.9 Å². The second kappa shape index (κ2) is 3.01. The van der Waals surface area contributed by atoms with Crippen LogP contribution in [-0.2, 0) is 9.84 Å². The molecule has 0 aliphatic rings. The summed E-state index contributed by atoms with van der Waals surface area (Å²) in [6, 6.07) is 0. The Hall–Kier alpha value is 0.430. The van der Waals surface area contributed by atoms with Crippen LogP contribution in [0.2, 0.25) is 0 Å². The molecule has 0 amide bonds. The van der Waals surface area contributed by atoms with E-state index in [2.05, 4.69) is 15.9 Å². The number of hydrogen-bond donors (Lipinski definition) is 0. The molecule has 2 nitrogen and oxygen atoms in total. The summed E-state index contributed by atoms with van der Waals surface area (Å²) in [5.74, 6) is 0. The summed E-state index contributed by atoms with van der Waals surface area (Å²) >= 11 is 3.20. The van der Waals surface area contributed by atoms with Gasteiger partial charge in [-0.2, -0.15) is 0 Å². The zero-order valence-corrected chi connectivity index (χ0v) is 8.16. The molecule has 0 saturated heterocycles. The number of halogens is 1. The molecule has 0 aliphatic heterocycles. The molecule has 0 spiro atoms. The second-order valence-corrected chi connectivity index (χ2v) is 6.06. The number of sulfone groups is 1. The maximum atomic E-state index is 10.7. The minimum Gasteiger partial charge on any atom is -0.229 e. The standard InChI is InChI=1S/C5H11BrO2S/c1-4(6)5(2)9(3,7)8/h4-5H,1-3H3/t4-,5-/m1/s1. The van der Waals surface area contributed by atoms with Crippen LogP contribution in [-0.4, -0.2) is 24.8 Å². The minimum absolute atomic E-state index is 0.0347. The fourth-order valence-electron chi connectivity index (χ4n) is 0.341. The van der Waals surface area contributed by atoms with Gasteiger partial charge in [0.25, 0.3) is 0 Å². The maximum Gasteiger partial charge on any atom is 0.151 e. The minimum atomic E-state index is -2.85. The lowest BCUT2D eigenvalue weighted by Crippen LogP contribution is -2.23. The number of hydrogen-bond acceptors (Lipinski definition) is 2. The van der Waals surface area contributed by atoms with E-state index in [9.17, 15) is 8.42 Å². The van der Waals surface area contributed by atoms with Gasteiger partial charge in [-0.05, 0) is 6.92 Å². The van der Waals surface area contributed by atoms with Crippen LogP contribution in [0.3, 0.4) is 0 Å². The normalized spacial score (nSPS) is 19.1. The van der Waals surface area contributed by atoms with Gasteiger partial charge in [0.15, 0.2) is 9.84 Å². The van der Waals surface area contributed by atoms with Gasteiger partial charge < -0.3 is 0 Å². The summed E-state index contributed by atoms with van der Waals surface area (Å²) in [6.07, 6.45) is 1.25. The molecule has 0 aromatic carbocycles. The Balaban J connectivity index is 4.24. The summed E-state index contributed by atoms with van der Waals surface area (Å²) < 4.78 is 21.5. The average molecular weight is 215 g/mol. The van der Waals surface area contributed by atoms with Gasteiger partial charge in [-0.25, -0.2) is 8.42 Å². The highest BCUT2D eigenvalue weighted by Crippen LogP contribution is 2.11. The van der Waals surface area contributed by atoms with E-state index < -0.39 is 9.84 Å². The Morgan fingerprint density at radius 2 is 1.67 bits per heavy atom. The van der Waals surface area contributed by atoms with Crippen molar-refractivity contribution in [3.63, 3.8) is 0 Å². The monoisotopic (exact) mass is 214 g/mol. The van der Waals surface area contributed by atoms with Crippen molar-refractivity contribution in [2.24, 2.45) is 0 Å². The average Bonchev–Trinajstić information content (AvgIpc) is 1.62. The van der Waals surface area contributed by atoms with E-state index in [1.54, 1.807) is 6.92 Å². The van der Waals surface area contributed by atoms with Crippen molar-refractivity contribution >= 4 is 25.8 Å². The molecule has 0 fully saturated rings. The van der Waals surface area contributed by atoms with E-state index >= 15 is 0 Å². The van der Waals surface area contributed by atoms with Crippen LogP contribution in [0.5, 0.6) is 0 Å². The molecule has 9 heavy (non-hydrogen) atoms.